The third kappa shape index (κ3) is 2.87. The Labute approximate surface area is 99.0 Å². The number of allylic oxidation sites excluding steroid dienone is 1. The van der Waals surface area contributed by atoms with Gasteiger partial charge in [0.2, 0.25) is 0 Å². The van der Waals surface area contributed by atoms with Crippen LogP contribution in [0.25, 0.3) is 0 Å². The molecule has 3 nitrogen and oxygen atoms in total. The highest BCUT2D eigenvalue weighted by atomic mass is 16.7. The van der Waals surface area contributed by atoms with E-state index in [2.05, 4.69) is 0 Å². The Morgan fingerprint density at radius 1 is 1.12 bits per heavy atom. The second kappa shape index (κ2) is 3.86. The summed E-state index contributed by atoms with van der Waals surface area (Å²) in [4.78, 5) is 0. The van der Waals surface area contributed by atoms with Gasteiger partial charge in [-0.25, -0.2) is 0 Å². The summed E-state index contributed by atoms with van der Waals surface area (Å²) in [6.45, 7) is 13.5. The predicted molar refractivity (Wildman–Crippen MR) is 66.1 cm³/mol. The van der Waals surface area contributed by atoms with Crippen molar-refractivity contribution in [2.24, 2.45) is 0 Å². The van der Waals surface area contributed by atoms with E-state index in [9.17, 15) is 5.11 Å². The fraction of sp³-hybridized carbons (Fsp3) is 0.833. The Morgan fingerprint density at radius 2 is 1.50 bits per heavy atom. The Morgan fingerprint density at radius 3 is 1.81 bits per heavy atom. The Balaban J connectivity index is 2.85. The van der Waals surface area contributed by atoms with Crippen molar-refractivity contribution in [3.8, 4) is 0 Å². The maximum absolute atomic E-state index is 9.72. The number of aliphatic hydroxyl groups is 1. The largest absolute Gasteiger partial charge is 0.490 e. The summed E-state index contributed by atoms with van der Waals surface area (Å²) in [5, 5.41) is 9.72. The number of hydrogen-bond acceptors (Lipinski definition) is 3. The van der Waals surface area contributed by atoms with Crippen molar-refractivity contribution < 1.29 is 14.4 Å². The van der Waals surface area contributed by atoms with Crippen LogP contribution in [-0.2, 0) is 9.31 Å². The second-order valence-electron chi connectivity index (χ2n) is 6.13. The van der Waals surface area contributed by atoms with Crippen molar-refractivity contribution in [3.63, 3.8) is 0 Å². The third-order valence-corrected chi connectivity index (χ3v) is 3.21. The zero-order valence-corrected chi connectivity index (χ0v) is 11.4. The normalized spacial score (nSPS) is 25.0. The fourth-order valence-electron chi connectivity index (χ4n) is 1.65. The molecule has 4 heteroatoms. The van der Waals surface area contributed by atoms with Gasteiger partial charge in [-0.2, -0.15) is 0 Å². The van der Waals surface area contributed by atoms with Crippen LogP contribution in [0.3, 0.4) is 0 Å². The van der Waals surface area contributed by atoms with Crippen molar-refractivity contribution in [2.75, 3.05) is 0 Å². The van der Waals surface area contributed by atoms with Gasteiger partial charge < -0.3 is 14.4 Å². The lowest BCUT2D eigenvalue weighted by Crippen LogP contribution is -2.41. The van der Waals surface area contributed by atoms with Gasteiger partial charge in [-0.1, -0.05) is 6.08 Å². The molecule has 0 unspecified atom stereocenters. The molecule has 92 valence electrons. The summed E-state index contributed by atoms with van der Waals surface area (Å²) in [6.07, 6.45) is 1.77. The predicted octanol–water partition coefficient (Wildman–Crippen LogP) is 2.33. The Bertz CT molecular complexity index is 284. The molecule has 1 fully saturated rings. The monoisotopic (exact) mass is 226 g/mol. The summed E-state index contributed by atoms with van der Waals surface area (Å²) in [6, 6.07) is 0. The summed E-state index contributed by atoms with van der Waals surface area (Å²) < 4.78 is 11.7. The van der Waals surface area contributed by atoms with Crippen LogP contribution in [0, 0.1) is 0 Å². The molecular weight excluding hydrogens is 203 g/mol. The third-order valence-electron chi connectivity index (χ3n) is 3.21. The molecule has 0 atom stereocenters. The van der Waals surface area contributed by atoms with Gasteiger partial charge in [-0.05, 0) is 53.9 Å². The van der Waals surface area contributed by atoms with Gasteiger partial charge >= 0.3 is 7.12 Å². The van der Waals surface area contributed by atoms with Crippen molar-refractivity contribution in [1.82, 2.24) is 0 Å². The second-order valence-corrected chi connectivity index (χ2v) is 6.13. The maximum Gasteiger partial charge on any atom is 0.490 e. The quantitative estimate of drug-likeness (QED) is 0.734. The molecule has 0 aromatic carbocycles. The van der Waals surface area contributed by atoms with Crippen LogP contribution in [0.5, 0.6) is 0 Å². The van der Waals surface area contributed by atoms with Gasteiger partial charge in [-0.3, -0.25) is 0 Å². The van der Waals surface area contributed by atoms with Crippen molar-refractivity contribution in [1.29, 1.82) is 0 Å². The van der Waals surface area contributed by atoms with E-state index < -0.39 is 5.60 Å². The fourth-order valence-corrected chi connectivity index (χ4v) is 1.65. The standard InChI is InChI=1S/C12H23BO3/c1-9(8-10(2,3)14)13-15-11(4,5)12(6,7)16-13/h8,14H,1-7H3/b9-8-. The highest BCUT2D eigenvalue weighted by Gasteiger charge is 2.51. The minimum atomic E-state index is -0.840. The Kier molecular flexibility index (Phi) is 3.32. The van der Waals surface area contributed by atoms with Gasteiger partial charge in [0.15, 0.2) is 0 Å². The highest BCUT2D eigenvalue weighted by Crippen LogP contribution is 2.38. The molecule has 0 aromatic heterocycles. The van der Waals surface area contributed by atoms with Gasteiger partial charge in [0.05, 0.1) is 16.8 Å². The molecule has 1 rings (SSSR count). The van der Waals surface area contributed by atoms with E-state index in [1.807, 2.05) is 34.6 Å². The zero-order chi connectivity index (χ0) is 12.8. The van der Waals surface area contributed by atoms with Crippen LogP contribution in [0.1, 0.15) is 48.5 Å². The van der Waals surface area contributed by atoms with Crippen LogP contribution < -0.4 is 0 Å². The van der Waals surface area contributed by atoms with E-state index in [1.165, 1.54) is 0 Å². The van der Waals surface area contributed by atoms with E-state index in [1.54, 1.807) is 19.9 Å². The molecule has 0 aliphatic carbocycles. The first-order valence-corrected chi connectivity index (χ1v) is 5.72. The van der Waals surface area contributed by atoms with Crippen molar-refractivity contribution in [3.05, 3.63) is 11.5 Å². The Hall–Kier alpha value is -0.315. The lowest BCUT2D eigenvalue weighted by Gasteiger charge is -2.32. The van der Waals surface area contributed by atoms with Crippen LogP contribution in [0.4, 0.5) is 0 Å². The van der Waals surface area contributed by atoms with E-state index >= 15 is 0 Å². The molecule has 0 radical (unpaired) electrons. The molecule has 1 heterocycles. The van der Waals surface area contributed by atoms with E-state index in [-0.39, 0.29) is 18.3 Å². The first-order chi connectivity index (χ1) is 6.95. The van der Waals surface area contributed by atoms with Gasteiger partial charge in [0.25, 0.3) is 0 Å². The summed E-state index contributed by atoms with van der Waals surface area (Å²) >= 11 is 0. The molecule has 1 N–H and O–H groups in total. The smallest absolute Gasteiger partial charge is 0.400 e. The van der Waals surface area contributed by atoms with Crippen LogP contribution in [0.2, 0.25) is 0 Å². The summed E-state index contributed by atoms with van der Waals surface area (Å²) in [7, 11) is -0.364. The minimum Gasteiger partial charge on any atom is -0.400 e. The molecule has 0 saturated carbocycles. The van der Waals surface area contributed by atoms with Gasteiger partial charge in [-0.15, -0.1) is 0 Å². The topological polar surface area (TPSA) is 38.7 Å². The lowest BCUT2D eigenvalue weighted by molar-refractivity contribution is 0.00578. The van der Waals surface area contributed by atoms with Crippen LogP contribution >= 0.6 is 0 Å². The van der Waals surface area contributed by atoms with E-state index in [0.717, 1.165) is 5.47 Å². The molecule has 0 spiro atoms. The van der Waals surface area contributed by atoms with E-state index in [4.69, 9.17) is 9.31 Å². The first-order valence-electron chi connectivity index (χ1n) is 5.72. The first kappa shape index (κ1) is 13.7. The average molecular weight is 226 g/mol. The van der Waals surface area contributed by atoms with Gasteiger partial charge in [0.1, 0.15) is 0 Å². The zero-order valence-electron chi connectivity index (χ0n) is 11.4. The molecule has 1 aliphatic rings. The summed E-state index contributed by atoms with van der Waals surface area (Å²) in [5.41, 5.74) is -0.585. The molecule has 0 amide bonds. The van der Waals surface area contributed by atoms with Crippen molar-refractivity contribution in [2.45, 2.75) is 65.3 Å². The molecule has 1 aliphatic heterocycles. The lowest BCUT2D eigenvalue weighted by atomic mass is 9.77. The van der Waals surface area contributed by atoms with Crippen LogP contribution in [0.15, 0.2) is 11.5 Å². The SMILES string of the molecule is C/C(=C/C(C)(C)O)B1OC(C)(C)C(C)(C)O1. The van der Waals surface area contributed by atoms with Crippen molar-refractivity contribution >= 4 is 7.12 Å². The van der Waals surface area contributed by atoms with Crippen LogP contribution in [-0.4, -0.2) is 29.0 Å². The summed E-state index contributed by atoms with van der Waals surface area (Å²) in [5.74, 6) is 0. The van der Waals surface area contributed by atoms with Gasteiger partial charge in [0, 0.05) is 0 Å². The van der Waals surface area contributed by atoms with E-state index in [0.29, 0.717) is 0 Å². The molecule has 0 aromatic rings. The molecule has 1 saturated heterocycles. The number of hydrogen-bond donors (Lipinski definition) is 1. The number of rotatable bonds is 2. The average Bonchev–Trinajstić information content (AvgIpc) is 2.17. The maximum atomic E-state index is 9.72. The highest BCUT2D eigenvalue weighted by molar-refractivity contribution is 6.54. The molecular formula is C12H23BO3. The minimum absolute atomic E-state index is 0.327. The molecule has 16 heavy (non-hydrogen) atoms. The molecule has 0 bridgehead atoms.